The van der Waals surface area contributed by atoms with Gasteiger partial charge in [-0.1, -0.05) is 6.07 Å². The third-order valence-electron chi connectivity index (χ3n) is 6.46. The second-order valence-corrected chi connectivity index (χ2v) is 7.14. The van der Waals surface area contributed by atoms with Gasteiger partial charge in [0.25, 0.3) is 0 Å². The average Bonchev–Trinajstić information content (AvgIpc) is 2.88. The molecule has 22 heavy (non-hydrogen) atoms. The number of methoxy groups -OCH3 is 1. The van der Waals surface area contributed by atoms with E-state index >= 15 is 0 Å². The first-order valence-corrected chi connectivity index (χ1v) is 8.13. The number of nitrogens with zero attached hydrogens (tertiary/aromatic N) is 1. The van der Waals surface area contributed by atoms with Gasteiger partial charge in [-0.2, -0.15) is 0 Å². The van der Waals surface area contributed by atoms with Crippen LogP contribution in [0.15, 0.2) is 24.0 Å². The Balaban J connectivity index is 1.82. The van der Waals surface area contributed by atoms with Crippen LogP contribution in [0.25, 0.3) is 0 Å². The van der Waals surface area contributed by atoms with Crippen LogP contribution in [0.5, 0.6) is 11.5 Å². The van der Waals surface area contributed by atoms with Gasteiger partial charge < -0.3 is 19.5 Å². The average molecular weight is 299 g/mol. The Kier molecular flexibility index (Phi) is 2.32. The van der Waals surface area contributed by atoms with Crippen molar-refractivity contribution in [2.24, 2.45) is 5.92 Å². The van der Waals surface area contributed by atoms with E-state index in [1.807, 2.05) is 0 Å². The molecule has 1 unspecified atom stereocenters. The van der Waals surface area contributed by atoms with Crippen molar-refractivity contribution < 1.29 is 14.6 Å². The minimum atomic E-state index is -0.0743. The van der Waals surface area contributed by atoms with Crippen molar-refractivity contribution in [3.63, 3.8) is 0 Å². The quantitative estimate of drug-likeness (QED) is 0.863. The standard InChI is InChI=1S/C18H21NO3/c1-19-8-7-18-11-4-6-14(21-2)17(18)22-16-13(20)5-3-10(15(16)18)9-12(11)19/h3,5-6,11-12,17,20H,4,7-9H2,1-2H3/t11?,12-,17+,18+/m1/s1. The van der Waals surface area contributed by atoms with Crippen molar-refractivity contribution in [3.8, 4) is 11.5 Å². The van der Waals surface area contributed by atoms with E-state index in [-0.39, 0.29) is 17.3 Å². The molecule has 1 N–H and O–H groups in total. The van der Waals surface area contributed by atoms with Crippen molar-refractivity contribution in [2.45, 2.75) is 36.8 Å². The summed E-state index contributed by atoms with van der Waals surface area (Å²) >= 11 is 0. The van der Waals surface area contributed by atoms with Crippen molar-refractivity contribution in [1.29, 1.82) is 0 Å². The fourth-order valence-corrected chi connectivity index (χ4v) is 5.51. The summed E-state index contributed by atoms with van der Waals surface area (Å²) in [4.78, 5) is 2.51. The number of hydrogen-bond donors (Lipinski definition) is 1. The number of piperidine rings is 1. The Hall–Kier alpha value is -1.68. The van der Waals surface area contributed by atoms with Gasteiger partial charge in [0.1, 0.15) is 5.76 Å². The SMILES string of the molecule is COC1=CCC2[C@H]3Cc4ccc(O)c5c4[C@@]2(CCN3C)[C@H]1O5. The molecule has 4 aliphatic rings. The molecule has 2 heterocycles. The molecule has 2 aliphatic heterocycles. The molecule has 1 fully saturated rings. The van der Waals surface area contributed by atoms with E-state index in [9.17, 15) is 5.11 Å². The largest absolute Gasteiger partial charge is 0.504 e. The van der Waals surface area contributed by atoms with Gasteiger partial charge in [0.2, 0.25) is 0 Å². The summed E-state index contributed by atoms with van der Waals surface area (Å²) in [5.74, 6) is 2.46. The molecule has 1 aromatic rings. The van der Waals surface area contributed by atoms with Crippen LogP contribution in [0, 0.1) is 5.92 Å². The first-order chi connectivity index (χ1) is 10.7. The predicted octanol–water partition coefficient (Wildman–Crippen LogP) is 2.20. The molecule has 5 rings (SSSR count). The van der Waals surface area contributed by atoms with E-state index < -0.39 is 0 Å². The summed E-state index contributed by atoms with van der Waals surface area (Å²) < 4.78 is 11.9. The van der Waals surface area contributed by atoms with E-state index in [1.54, 1.807) is 13.2 Å². The molecular weight excluding hydrogens is 278 g/mol. The number of benzene rings is 1. The van der Waals surface area contributed by atoms with Crippen LogP contribution >= 0.6 is 0 Å². The van der Waals surface area contributed by atoms with E-state index in [0.717, 1.165) is 31.6 Å². The van der Waals surface area contributed by atoms with E-state index in [0.29, 0.717) is 17.7 Å². The van der Waals surface area contributed by atoms with E-state index in [4.69, 9.17) is 9.47 Å². The molecule has 4 nitrogen and oxygen atoms in total. The van der Waals surface area contributed by atoms with Crippen LogP contribution in [0.2, 0.25) is 0 Å². The second-order valence-electron chi connectivity index (χ2n) is 7.14. The van der Waals surface area contributed by atoms with Gasteiger partial charge >= 0.3 is 0 Å². The zero-order chi connectivity index (χ0) is 15.1. The first kappa shape index (κ1) is 12.8. The maximum absolute atomic E-state index is 10.3. The molecule has 0 aromatic heterocycles. The highest BCUT2D eigenvalue weighted by atomic mass is 16.5. The smallest absolute Gasteiger partial charge is 0.166 e. The molecule has 0 radical (unpaired) electrons. The number of ether oxygens (including phenoxy) is 2. The third kappa shape index (κ3) is 1.25. The lowest BCUT2D eigenvalue weighted by Gasteiger charge is -2.56. The number of likely N-dealkylation sites (N-methyl/N-ethyl adjacent to an activating group) is 1. The normalized spacial score (nSPS) is 38.1. The summed E-state index contributed by atoms with van der Waals surface area (Å²) in [6.07, 6.45) is 5.28. The lowest BCUT2D eigenvalue weighted by atomic mass is 9.53. The van der Waals surface area contributed by atoms with Crippen molar-refractivity contribution in [2.75, 3.05) is 20.7 Å². The Labute approximate surface area is 130 Å². The molecular formula is C18H21NO3. The van der Waals surface area contributed by atoms with E-state index in [1.165, 1.54) is 11.1 Å². The number of aromatic hydroxyl groups is 1. The van der Waals surface area contributed by atoms with Gasteiger partial charge in [-0.3, -0.25) is 0 Å². The number of allylic oxidation sites excluding steroid dienone is 1. The van der Waals surface area contributed by atoms with Crippen LogP contribution in [0.1, 0.15) is 24.0 Å². The Morgan fingerprint density at radius 2 is 2.27 bits per heavy atom. The van der Waals surface area contributed by atoms with Crippen LogP contribution in [-0.2, 0) is 16.6 Å². The van der Waals surface area contributed by atoms with Crippen molar-refractivity contribution >= 4 is 0 Å². The number of rotatable bonds is 1. The lowest BCUT2D eigenvalue weighted by Crippen LogP contribution is -2.63. The number of likely N-dealkylation sites (tertiary alicyclic amines) is 1. The molecule has 2 aliphatic carbocycles. The van der Waals surface area contributed by atoms with Gasteiger partial charge in [0.15, 0.2) is 17.6 Å². The maximum Gasteiger partial charge on any atom is 0.166 e. The minimum absolute atomic E-state index is 0.0150. The Morgan fingerprint density at radius 3 is 3.09 bits per heavy atom. The van der Waals surface area contributed by atoms with Gasteiger partial charge in [-0.15, -0.1) is 0 Å². The highest BCUT2D eigenvalue weighted by molar-refractivity contribution is 5.61. The van der Waals surface area contributed by atoms with Gasteiger partial charge in [0.05, 0.1) is 7.11 Å². The first-order valence-electron chi connectivity index (χ1n) is 8.13. The van der Waals surface area contributed by atoms with Crippen molar-refractivity contribution in [1.82, 2.24) is 4.90 Å². The second kappa shape index (κ2) is 3.99. The molecule has 0 amide bonds. The molecule has 0 saturated carbocycles. The minimum Gasteiger partial charge on any atom is -0.504 e. The van der Waals surface area contributed by atoms with Crippen LogP contribution < -0.4 is 4.74 Å². The van der Waals surface area contributed by atoms with Gasteiger partial charge in [0, 0.05) is 17.0 Å². The summed E-state index contributed by atoms with van der Waals surface area (Å²) in [5, 5.41) is 10.3. The molecule has 2 bridgehead atoms. The summed E-state index contributed by atoms with van der Waals surface area (Å²) in [7, 11) is 3.97. The van der Waals surface area contributed by atoms with Crippen LogP contribution in [-0.4, -0.2) is 42.9 Å². The highest BCUT2D eigenvalue weighted by Gasteiger charge is 2.64. The maximum atomic E-state index is 10.3. The number of phenolic OH excluding ortho intramolecular Hbond substituents is 1. The topological polar surface area (TPSA) is 41.9 Å². The summed E-state index contributed by atoms with van der Waals surface area (Å²) in [6, 6.07) is 4.43. The lowest BCUT2D eigenvalue weighted by molar-refractivity contribution is -0.0267. The molecule has 1 spiro atoms. The zero-order valence-corrected chi connectivity index (χ0v) is 13.0. The molecule has 4 atom stereocenters. The van der Waals surface area contributed by atoms with E-state index in [2.05, 4.69) is 24.1 Å². The van der Waals surface area contributed by atoms with Crippen LogP contribution in [0.4, 0.5) is 0 Å². The molecule has 4 heteroatoms. The molecule has 1 saturated heterocycles. The predicted molar refractivity (Wildman–Crippen MR) is 82.1 cm³/mol. The van der Waals surface area contributed by atoms with Gasteiger partial charge in [-0.05, 0) is 56.5 Å². The summed E-state index contributed by atoms with van der Waals surface area (Å²) in [6.45, 7) is 1.08. The fourth-order valence-electron chi connectivity index (χ4n) is 5.51. The van der Waals surface area contributed by atoms with Crippen LogP contribution in [0.3, 0.4) is 0 Å². The van der Waals surface area contributed by atoms with Gasteiger partial charge in [-0.25, -0.2) is 0 Å². The zero-order valence-electron chi connectivity index (χ0n) is 13.0. The number of hydrogen-bond acceptors (Lipinski definition) is 4. The highest BCUT2D eigenvalue weighted by Crippen LogP contribution is 2.63. The monoisotopic (exact) mass is 299 g/mol. The fraction of sp³-hybridized carbons (Fsp3) is 0.556. The number of phenols is 1. The third-order valence-corrected chi connectivity index (χ3v) is 6.46. The Morgan fingerprint density at radius 1 is 1.41 bits per heavy atom. The van der Waals surface area contributed by atoms with Crippen molar-refractivity contribution in [3.05, 3.63) is 35.1 Å². The Bertz CT molecular complexity index is 698. The molecule has 1 aromatic carbocycles. The molecule has 116 valence electrons. The summed E-state index contributed by atoms with van der Waals surface area (Å²) in [5.41, 5.74) is 2.61.